The van der Waals surface area contributed by atoms with Crippen molar-refractivity contribution < 1.29 is 9.13 Å². The van der Waals surface area contributed by atoms with Crippen LogP contribution in [0.5, 0.6) is 5.75 Å². The quantitative estimate of drug-likeness (QED) is 0.906. The summed E-state index contributed by atoms with van der Waals surface area (Å²) in [5.41, 5.74) is 5.74. The SMILES string of the molecule is COc1cc(Br)c(F)c(/C=C/CN)c1. The van der Waals surface area contributed by atoms with Crippen LogP contribution in [0.25, 0.3) is 6.08 Å². The first-order valence-electron chi connectivity index (χ1n) is 4.08. The Hall–Kier alpha value is -0.870. The van der Waals surface area contributed by atoms with Gasteiger partial charge in [-0.3, -0.25) is 0 Å². The van der Waals surface area contributed by atoms with E-state index in [4.69, 9.17) is 10.5 Å². The zero-order chi connectivity index (χ0) is 10.6. The van der Waals surface area contributed by atoms with Gasteiger partial charge in [0.25, 0.3) is 0 Å². The van der Waals surface area contributed by atoms with Crippen LogP contribution in [0.1, 0.15) is 5.56 Å². The molecule has 0 unspecified atom stereocenters. The van der Waals surface area contributed by atoms with Crippen LogP contribution in [-0.4, -0.2) is 13.7 Å². The predicted molar refractivity (Wildman–Crippen MR) is 58.7 cm³/mol. The summed E-state index contributed by atoms with van der Waals surface area (Å²) in [6.07, 6.45) is 3.31. The molecular weight excluding hydrogens is 249 g/mol. The van der Waals surface area contributed by atoms with Crippen LogP contribution in [0.15, 0.2) is 22.7 Å². The summed E-state index contributed by atoms with van der Waals surface area (Å²) in [4.78, 5) is 0. The number of halogens is 2. The third kappa shape index (κ3) is 2.56. The molecule has 0 spiro atoms. The summed E-state index contributed by atoms with van der Waals surface area (Å²) < 4.78 is 18.8. The average molecular weight is 260 g/mol. The maximum Gasteiger partial charge on any atom is 0.144 e. The largest absolute Gasteiger partial charge is 0.497 e. The van der Waals surface area contributed by atoms with Gasteiger partial charge in [0.2, 0.25) is 0 Å². The molecule has 0 amide bonds. The minimum absolute atomic E-state index is 0.310. The number of hydrogen-bond donors (Lipinski definition) is 1. The van der Waals surface area contributed by atoms with Crippen LogP contribution in [0.3, 0.4) is 0 Å². The lowest BCUT2D eigenvalue weighted by atomic mass is 10.2. The Balaban J connectivity index is 3.13. The number of methoxy groups -OCH3 is 1. The summed E-state index contributed by atoms with van der Waals surface area (Å²) in [7, 11) is 1.54. The van der Waals surface area contributed by atoms with Crippen LogP contribution in [0.2, 0.25) is 0 Å². The summed E-state index contributed by atoms with van der Waals surface area (Å²) >= 11 is 3.11. The van der Waals surface area contributed by atoms with E-state index in [1.54, 1.807) is 24.3 Å². The number of ether oxygens (including phenoxy) is 1. The average Bonchev–Trinajstić information content (AvgIpc) is 2.20. The van der Waals surface area contributed by atoms with Crippen molar-refractivity contribution in [1.29, 1.82) is 0 Å². The zero-order valence-electron chi connectivity index (χ0n) is 7.76. The molecule has 0 aliphatic rings. The fourth-order valence-electron chi connectivity index (χ4n) is 1.02. The van der Waals surface area contributed by atoms with Gasteiger partial charge in [-0.15, -0.1) is 0 Å². The molecule has 0 saturated carbocycles. The molecule has 0 aliphatic carbocycles. The lowest BCUT2D eigenvalue weighted by molar-refractivity contribution is 0.413. The Kier molecular flexibility index (Phi) is 4.10. The van der Waals surface area contributed by atoms with Gasteiger partial charge in [-0.2, -0.15) is 0 Å². The molecule has 1 aromatic rings. The maximum atomic E-state index is 13.4. The second-order valence-corrected chi connectivity index (χ2v) is 3.50. The molecule has 0 aromatic heterocycles. The first kappa shape index (κ1) is 11.2. The van der Waals surface area contributed by atoms with Gasteiger partial charge in [-0.25, -0.2) is 4.39 Å². The van der Waals surface area contributed by atoms with Gasteiger partial charge in [0.15, 0.2) is 0 Å². The van der Waals surface area contributed by atoms with Crippen molar-refractivity contribution in [1.82, 2.24) is 0 Å². The number of rotatable bonds is 3. The maximum absolute atomic E-state index is 13.4. The normalized spacial score (nSPS) is 10.9. The molecule has 1 aromatic carbocycles. The highest BCUT2D eigenvalue weighted by Gasteiger charge is 2.06. The van der Waals surface area contributed by atoms with Crippen molar-refractivity contribution in [3.63, 3.8) is 0 Å². The number of benzene rings is 1. The first-order valence-corrected chi connectivity index (χ1v) is 4.88. The predicted octanol–water partition coefficient (Wildman–Crippen LogP) is 2.57. The van der Waals surface area contributed by atoms with Crippen LogP contribution in [0.4, 0.5) is 4.39 Å². The standard InChI is InChI=1S/C10H11BrFNO/c1-14-8-5-7(3-2-4-13)10(12)9(11)6-8/h2-3,5-6H,4,13H2,1H3/b3-2+. The lowest BCUT2D eigenvalue weighted by Crippen LogP contribution is -1.93. The van der Waals surface area contributed by atoms with Gasteiger partial charge in [0.1, 0.15) is 11.6 Å². The molecule has 0 fully saturated rings. The molecule has 2 nitrogen and oxygen atoms in total. The molecule has 0 bridgehead atoms. The van der Waals surface area contributed by atoms with Gasteiger partial charge in [-0.05, 0) is 28.1 Å². The van der Waals surface area contributed by atoms with E-state index in [1.165, 1.54) is 7.11 Å². The topological polar surface area (TPSA) is 35.2 Å². The van der Waals surface area contributed by atoms with Crippen molar-refractivity contribution in [2.45, 2.75) is 0 Å². The second kappa shape index (κ2) is 5.12. The van der Waals surface area contributed by atoms with E-state index in [1.807, 2.05) is 0 Å². The van der Waals surface area contributed by atoms with E-state index in [2.05, 4.69) is 15.9 Å². The molecule has 14 heavy (non-hydrogen) atoms. The minimum Gasteiger partial charge on any atom is -0.497 e. The molecule has 0 heterocycles. The Labute approximate surface area is 90.7 Å². The Morgan fingerprint density at radius 2 is 2.29 bits per heavy atom. The Bertz CT molecular complexity index is 352. The molecule has 4 heteroatoms. The number of nitrogens with two attached hydrogens (primary N) is 1. The van der Waals surface area contributed by atoms with Crippen molar-refractivity contribution in [3.8, 4) is 5.75 Å². The van der Waals surface area contributed by atoms with E-state index >= 15 is 0 Å². The van der Waals surface area contributed by atoms with Crippen molar-refractivity contribution in [2.24, 2.45) is 5.73 Å². The molecule has 76 valence electrons. The minimum atomic E-state index is -0.310. The molecule has 0 saturated heterocycles. The van der Waals surface area contributed by atoms with E-state index in [0.29, 0.717) is 22.3 Å². The van der Waals surface area contributed by atoms with Crippen LogP contribution in [-0.2, 0) is 0 Å². The molecular formula is C10H11BrFNO. The van der Waals surface area contributed by atoms with E-state index in [-0.39, 0.29) is 5.82 Å². The first-order chi connectivity index (χ1) is 6.69. The summed E-state index contributed by atoms with van der Waals surface area (Å²) in [5, 5.41) is 0. The highest BCUT2D eigenvalue weighted by molar-refractivity contribution is 9.10. The van der Waals surface area contributed by atoms with Gasteiger partial charge in [-0.1, -0.05) is 12.2 Å². The smallest absolute Gasteiger partial charge is 0.144 e. The van der Waals surface area contributed by atoms with Crippen LogP contribution >= 0.6 is 15.9 Å². The van der Waals surface area contributed by atoms with Crippen LogP contribution in [0, 0.1) is 5.82 Å². The van der Waals surface area contributed by atoms with Crippen LogP contribution < -0.4 is 10.5 Å². The van der Waals surface area contributed by atoms with E-state index in [9.17, 15) is 4.39 Å². The highest BCUT2D eigenvalue weighted by atomic mass is 79.9. The molecule has 0 radical (unpaired) electrons. The number of hydrogen-bond acceptors (Lipinski definition) is 2. The second-order valence-electron chi connectivity index (χ2n) is 2.65. The van der Waals surface area contributed by atoms with Crippen molar-refractivity contribution in [3.05, 3.63) is 34.1 Å². The Morgan fingerprint density at radius 3 is 2.86 bits per heavy atom. The fourth-order valence-corrected chi connectivity index (χ4v) is 1.47. The third-order valence-electron chi connectivity index (χ3n) is 1.70. The van der Waals surface area contributed by atoms with E-state index < -0.39 is 0 Å². The summed E-state index contributed by atoms with van der Waals surface area (Å²) in [6.45, 7) is 0.383. The fraction of sp³-hybridized carbons (Fsp3) is 0.200. The molecule has 1 rings (SSSR count). The van der Waals surface area contributed by atoms with Gasteiger partial charge < -0.3 is 10.5 Å². The van der Waals surface area contributed by atoms with Gasteiger partial charge in [0, 0.05) is 12.1 Å². The highest BCUT2D eigenvalue weighted by Crippen LogP contribution is 2.26. The summed E-state index contributed by atoms with van der Waals surface area (Å²) in [6, 6.07) is 3.20. The monoisotopic (exact) mass is 259 g/mol. The molecule has 2 N–H and O–H groups in total. The third-order valence-corrected chi connectivity index (χ3v) is 2.28. The van der Waals surface area contributed by atoms with Gasteiger partial charge in [0.05, 0.1) is 11.6 Å². The lowest BCUT2D eigenvalue weighted by Gasteiger charge is -2.04. The Morgan fingerprint density at radius 1 is 1.57 bits per heavy atom. The van der Waals surface area contributed by atoms with Crippen molar-refractivity contribution >= 4 is 22.0 Å². The van der Waals surface area contributed by atoms with Gasteiger partial charge >= 0.3 is 0 Å². The van der Waals surface area contributed by atoms with E-state index in [0.717, 1.165) is 0 Å². The molecule has 0 atom stereocenters. The molecule has 0 aliphatic heterocycles. The zero-order valence-corrected chi connectivity index (χ0v) is 9.34. The summed E-state index contributed by atoms with van der Waals surface area (Å²) in [5.74, 6) is 0.297. The van der Waals surface area contributed by atoms with Crippen molar-refractivity contribution in [2.75, 3.05) is 13.7 Å².